The van der Waals surface area contributed by atoms with Crippen molar-refractivity contribution in [3.8, 4) is 11.5 Å². The summed E-state index contributed by atoms with van der Waals surface area (Å²) in [5, 5.41) is 9.02. The van der Waals surface area contributed by atoms with Crippen LogP contribution in [0, 0.1) is 6.92 Å². The Kier molecular flexibility index (Phi) is 5.73. The third-order valence-electron chi connectivity index (χ3n) is 3.98. The molecule has 128 valence electrons. The van der Waals surface area contributed by atoms with Gasteiger partial charge in [0.15, 0.2) is 0 Å². The highest BCUT2D eigenvalue weighted by molar-refractivity contribution is 5.83. The second-order valence-corrected chi connectivity index (χ2v) is 5.74. The van der Waals surface area contributed by atoms with E-state index < -0.39 is 5.97 Å². The molecule has 0 aliphatic rings. The number of carboxylic acid groups (broad SMARTS) is 1. The van der Waals surface area contributed by atoms with E-state index in [1.54, 1.807) is 6.92 Å². The van der Waals surface area contributed by atoms with Crippen LogP contribution in [0.2, 0.25) is 0 Å². The van der Waals surface area contributed by atoms with Gasteiger partial charge in [-0.2, -0.15) is 0 Å². The van der Waals surface area contributed by atoms with Crippen molar-refractivity contribution in [2.45, 2.75) is 39.7 Å². The van der Waals surface area contributed by atoms with Crippen LogP contribution in [0.15, 0.2) is 34.7 Å². The van der Waals surface area contributed by atoms with Crippen LogP contribution in [0.25, 0.3) is 11.5 Å². The first kappa shape index (κ1) is 17.7. The quantitative estimate of drug-likeness (QED) is 0.844. The highest BCUT2D eigenvalue weighted by Gasteiger charge is 2.24. The van der Waals surface area contributed by atoms with E-state index >= 15 is 0 Å². The molecule has 0 radical (unpaired) electrons. The molecule has 0 bridgehead atoms. The SMILES string of the molecule is CCC(C)N(CC(=O)O)C(=O)Cc1nc(-c2ccccc2)oc1C. The Bertz CT molecular complexity index is 709. The number of aryl methyl sites for hydroxylation is 1. The fourth-order valence-electron chi connectivity index (χ4n) is 2.40. The van der Waals surface area contributed by atoms with Crippen molar-refractivity contribution < 1.29 is 19.1 Å². The average Bonchev–Trinajstić information content (AvgIpc) is 2.93. The summed E-state index contributed by atoms with van der Waals surface area (Å²) in [4.78, 5) is 29.3. The van der Waals surface area contributed by atoms with E-state index in [2.05, 4.69) is 4.98 Å². The molecule has 1 atom stereocenters. The Morgan fingerprint density at radius 1 is 1.29 bits per heavy atom. The van der Waals surface area contributed by atoms with Crippen LogP contribution in [0.3, 0.4) is 0 Å². The van der Waals surface area contributed by atoms with Gasteiger partial charge < -0.3 is 14.4 Å². The van der Waals surface area contributed by atoms with Crippen molar-refractivity contribution in [1.29, 1.82) is 0 Å². The number of hydrogen-bond donors (Lipinski definition) is 1. The van der Waals surface area contributed by atoms with Crippen LogP contribution in [0.5, 0.6) is 0 Å². The lowest BCUT2D eigenvalue weighted by Crippen LogP contribution is -2.42. The molecular weight excluding hydrogens is 308 g/mol. The number of aliphatic carboxylic acids is 1. The zero-order valence-electron chi connectivity index (χ0n) is 14.2. The summed E-state index contributed by atoms with van der Waals surface area (Å²) >= 11 is 0. The first-order chi connectivity index (χ1) is 11.4. The van der Waals surface area contributed by atoms with Crippen LogP contribution in [0.1, 0.15) is 31.7 Å². The maximum atomic E-state index is 12.5. The minimum atomic E-state index is -1.02. The van der Waals surface area contributed by atoms with Crippen LogP contribution < -0.4 is 0 Å². The lowest BCUT2D eigenvalue weighted by Gasteiger charge is -2.26. The van der Waals surface area contributed by atoms with Crippen molar-refractivity contribution in [1.82, 2.24) is 9.88 Å². The molecule has 1 heterocycles. The smallest absolute Gasteiger partial charge is 0.323 e. The normalized spacial score (nSPS) is 12.0. The minimum Gasteiger partial charge on any atom is -0.480 e. The van der Waals surface area contributed by atoms with Gasteiger partial charge in [-0.1, -0.05) is 25.1 Å². The number of carbonyl (C=O) groups is 2. The molecule has 1 amide bonds. The molecule has 0 aliphatic carbocycles. The molecule has 2 aromatic rings. The molecule has 0 saturated carbocycles. The molecule has 2 rings (SSSR count). The predicted molar refractivity (Wildman–Crippen MR) is 89.5 cm³/mol. The van der Waals surface area contributed by atoms with Gasteiger partial charge >= 0.3 is 5.97 Å². The van der Waals surface area contributed by atoms with E-state index in [1.165, 1.54) is 4.90 Å². The lowest BCUT2D eigenvalue weighted by molar-refractivity contribution is -0.145. The van der Waals surface area contributed by atoms with Gasteiger partial charge in [0.2, 0.25) is 11.8 Å². The number of carbonyl (C=O) groups excluding carboxylic acids is 1. The van der Waals surface area contributed by atoms with Crippen molar-refractivity contribution in [3.63, 3.8) is 0 Å². The largest absolute Gasteiger partial charge is 0.480 e. The first-order valence-corrected chi connectivity index (χ1v) is 7.95. The molecular formula is C18H22N2O4. The summed E-state index contributed by atoms with van der Waals surface area (Å²) in [7, 11) is 0. The van der Waals surface area contributed by atoms with Crippen LogP contribution in [-0.2, 0) is 16.0 Å². The summed E-state index contributed by atoms with van der Waals surface area (Å²) in [5.74, 6) is -0.251. The highest BCUT2D eigenvalue weighted by atomic mass is 16.4. The Balaban J connectivity index is 2.19. The summed E-state index contributed by atoms with van der Waals surface area (Å²) in [6, 6.07) is 9.29. The fraction of sp³-hybridized carbons (Fsp3) is 0.389. The number of benzene rings is 1. The third kappa shape index (κ3) is 4.22. The van der Waals surface area contributed by atoms with Gasteiger partial charge in [-0.05, 0) is 32.4 Å². The lowest BCUT2D eigenvalue weighted by atomic mass is 10.1. The predicted octanol–water partition coefficient (Wildman–Crippen LogP) is 2.90. The summed E-state index contributed by atoms with van der Waals surface area (Å²) < 4.78 is 5.65. The van der Waals surface area contributed by atoms with E-state index in [4.69, 9.17) is 9.52 Å². The molecule has 0 spiro atoms. The third-order valence-corrected chi connectivity index (χ3v) is 3.98. The molecule has 1 aromatic carbocycles. The summed E-state index contributed by atoms with van der Waals surface area (Å²) in [6.45, 7) is 5.21. The van der Waals surface area contributed by atoms with E-state index in [9.17, 15) is 9.59 Å². The number of hydrogen-bond acceptors (Lipinski definition) is 4. The molecule has 24 heavy (non-hydrogen) atoms. The zero-order valence-corrected chi connectivity index (χ0v) is 14.2. The molecule has 1 unspecified atom stereocenters. The van der Waals surface area contributed by atoms with Crippen molar-refractivity contribution in [3.05, 3.63) is 41.8 Å². The summed E-state index contributed by atoms with van der Waals surface area (Å²) in [5.41, 5.74) is 1.38. The van der Waals surface area contributed by atoms with E-state index in [-0.39, 0.29) is 24.9 Å². The summed E-state index contributed by atoms with van der Waals surface area (Å²) in [6.07, 6.45) is 0.714. The molecule has 0 fully saturated rings. The monoisotopic (exact) mass is 330 g/mol. The Morgan fingerprint density at radius 3 is 2.54 bits per heavy atom. The molecule has 1 aromatic heterocycles. The maximum absolute atomic E-state index is 12.5. The zero-order chi connectivity index (χ0) is 17.7. The topological polar surface area (TPSA) is 83.6 Å². The number of nitrogens with zero attached hydrogens (tertiary/aromatic N) is 2. The van der Waals surface area contributed by atoms with Crippen molar-refractivity contribution in [2.75, 3.05) is 6.54 Å². The molecule has 6 heteroatoms. The molecule has 6 nitrogen and oxygen atoms in total. The second kappa shape index (κ2) is 7.77. The van der Waals surface area contributed by atoms with Crippen LogP contribution in [-0.4, -0.2) is 39.5 Å². The van der Waals surface area contributed by atoms with E-state index in [0.29, 0.717) is 23.8 Å². The standard InChI is InChI=1S/C18H22N2O4/c1-4-12(2)20(11-17(22)23)16(21)10-15-13(3)24-18(19-15)14-8-6-5-7-9-14/h5-9,12H,4,10-11H2,1-3H3,(H,22,23). The van der Waals surface area contributed by atoms with Gasteiger partial charge in [0, 0.05) is 11.6 Å². The Hall–Kier alpha value is -2.63. The van der Waals surface area contributed by atoms with Crippen LogP contribution in [0.4, 0.5) is 0 Å². The van der Waals surface area contributed by atoms with Gasteiger partial charge in [-0.3, -0.25) is 9.59 Å². The Labute approximate surface area is 141 Å². The van der Waals surface area contributed by atoms with E-state index in [0.717, 1.165) is 5.56 Å². The van der Waals surface area contributed by atoms with Gasteiger partial charge in [-0.25, -0.2) is 4.98 Å². The second-order valence-electron chi connectivity index (χ2n) is 5.74. The fourth-order valence-corrected chi connectivity index (χ4v) is 2.40. The van der Waals surface area contributed by atoms with Crippen molar-refractivity contribution in [2.24, 2.45) is 0 Å². The first-order valence-electron chi connectivity index (χ1n) is 7.95. The van der Waals surface area contributed by atoms with Gasteiger partial charge in [0.05, 0.1) is 12.1 Å². The average molecular weight is 330 g/mol. The van der Waals surface area contributed by atoms with Crippen molar-refractivity contribution >= 4 is 11.9 Å². The van der Waals surface area contributed by atoms with E-state index in [1.807, 2.05) is 44.2 Å². The van der Waals surface area contributed by atoms with Crippen LogP contribution >= 0.6 is 0 Å². The number of aromatic nitrogens is 1. The molecule has 0 saturated heterocycles. The van der Waals surface area contributed by atoms with Gasteiger partial charge in [-0.15, -0.1) is 0 Å². The minimum absolute atomic E-state index is 0.0276. The highest BCUT2D eigenvalue weighted by Crippen LogP contribution is 2.22. The number of amides is 1. The molecule has 1 N–H and O–H groups in total. The Morgan fingerprint density at radius 2 is 1.96 bits per heavy atom. The van der Waals surface area contributed by atoms with Gasteiger partial charge in [0.25, 0.3) is 0 Å². The number of oxazole rings is 1. The maximum Gasteiger partial charge on any atom is 0.323 e. The number of rotatable bonds is 7. The number of carboxylic acids is 1. The molecule has 0 aliphatic heterocycles. The van der Waals surface area contributed by atoms with Gasteiger partial charge in [0.1, 0.15) is 12.3 Å².